The van der Waals surface area contributed by atoms with E-state index in [4.69, 9.17) is 0 Å². The van der Waals surface area contributed by atoms with Crippen LogP contribution >= 0.6 is 0 Å². The Morgan fingerprint density at radius 1 is 1.50 bits per heavy atom. The van der Waals surface area contributed by atoms with Crippen molar-refractivity contribution in [1.29, 1.82) is 0 Å². The Labute approximate surface area is 72.7 Å². The summed E-state index contributed by atoms with van der Waals surface area (Å²) in [6.07, 6.45) is 0.743. The molecule has 0 aromatic rings. The number of rotatable bonds is 3. The molecule has 1 nitrogen and oxygen atoms in total. The van der Waals surface area contributed by atoms with Crippen LogP contribution in [0, 0.1) is 5.92 Å². The van der Waals surface area contributed by atoms with Gasteiger partial charge in [-0.25, -0.2) is 4.39 Å². The first kappa shape index (κ1) is 9.90. The minimum atomic E-state index is -0.710. The van der Waals surface area contributed by atoms with E-state index in [0.717, 1.165) is 13.0 Å². The van der Waals surface area contributed by atoms with Crippen molar-refractivity contribution in [2.75, 3.05) is 26.3 Å². The van der Waals surface area contributed by atoms with E-state index in [2.05, 4.69) is 0 Å². The van der Waals surface area contributed by atoms with Crippen LogP contribution in [0.25, 0.3) is 0 Å². The fourth-order valence-corrected chi connectivity index (χ4v) is 1.57. The highest BCUT2D eigenvalue weighted by atomic mass is 19.1. The fraction of sp³-hybridized carbons (Fsp3) is 1.00. The van der Waals surface area contributed by atoms with Gasteiger partial charge in [0.25, 0.3) is 0 Å². The highest BCUT2D eigenvalue weighted by Crippen LogP contribution is 2.19. The maximum atomic E-state index is 13.1. The number of hydrogen-bond acceptors (Lipinski definition) is 1. The van der Waals surface area contributed by atoms with Gasteiger partial charge >= 0.3 is 0 Å². The summed E-state index contributed by atoms with van der Waals surface area (Å²) in [5.41, 5.74) is 0. The molecular formula is C9H17F2N. The summed E-state index contributed by atoms with van der Waals surface area (Å²) >= 11 is 0. The van der Waals surface area contributed by atoms with Gasteiger partial charge in [0, 0.05) is 13.1 Å². The van der Waals surface area contributed by atoms with Crippen LogP contribution in [0.3, 0.4) is 0 Å². The van der Waals surface area contributed by atoms with Crippen LogP contribution in [0.5, 0.6) is 0 Å². The lowest BCUT2D eigenvalue weighted by molar-refractivity contribution is 0.0912. The lowest BCUT2D eigenvalue weighted by atomic mass is 9.97. The Bertz CT molecular complexity index is 128. The van der Waals surface area contributed by atoms with Crippen LogP contribution in [0.15, 0.2) is 0 Å². The topological polar surface area (TPSA) is 3.24 Å². The summed E-state index contributed by atoms with van der Waals surface area (Å²) in [6.45, 7) is 3.80. The second-order valence-electron chi connectivity index (χ2n) is 3.63. The van der Waals surface area contributed by atoms with E-state index in [0.29, 0.717) is 19.5 Å². The third-order valence-corrected chi connectivity index (χ3v) is 2.56. The van der Waals surface area contributed by atoms with Gasteiger partial charge in [-0.1, -0.05) is 6.92 Å². The molecular weight excluding hydrogens is 160 g/mol. The third kappa shape index (κ3) is 2.70. The van der Waals surface area contributed by atoms with Gasteiger partial charge in [-0.3, -0.25) is 4.39 Å². The first-order valence-electron chi connectivity index (χ1n) is 4.66. The zero-order valence-corrected chi connectivity index (χ0v) is 7.60. The molecule has 1 rings (SSSR count). The minimum absolute atomic E-state index is 0.187. The third-order valence-electron chi connectivity index (χ3n) is 2.56. The van der Waals surface area contributed by atoms with Crippen LogP contribution in [0.4, 0.5) is 8.78 Å². The number of halogens is 2. The molecule has 0 amide bonds. The molecule has 1 saturated heterocycles. The predicted molar refractivity (Wildman–Crippen MR) is 45.7 cm³/mol. The molecule has 3 heteroatoms. The Morgan fingerprint density at radius 3 is 2.83 bits per heavy atom. The predicted octanol–water partition coefficient (Wildman–Crippen LogP) is 2.03. The van der Waals surface area contributed by atoms with E-state index in [1.54, 1.807) is 0 Å². The molecule has 72 valence electrons. The molecule has 2 atom stereocenters. The molecule has 12 heavy (non-hydrogen) atoms. The first-order valence-corrected chi connectivity index (χ1v) is 4.66. The molecule has 0 aromatic heterocycles. The molecule has 0 aliphatic carbocycles. The maximum Gasteiger partial charge on any atom is 0.115 e. The van der Waals surface area contributed by atoms with Crippen molar-refractivity contribution in [2.45, 2.75) is 25.9 Å². The quantitative estimate of drug-likeness (QED) is 0.637. The van der Waals surface area contributed by atoms with Gasteiger partial charge in [0.05, 0.1) is 6.67 Å². The molecule has 0 aromatic carbocycles. The Balaban J connectivity index is 2.21. The van der Waals surface area contributed by atoms with Gasteiger partial charge in [-0.15, -0.1) is 0 Å². The van der Waals surface area contributed by atoms with Crippen molar-refractivity contribution in [3.05, 3.63) is 0 Å². The molecule has 1 aliphatic heterocycles. The summed E-state index contributed by atoms with van der Waals surface area (Å²) in [7, 11) is 0. The van der Waals surface area contributed by atoms with Crippen molar-refractivity contribution < 1.29 is 8.78 Å². The molecule has 0 radical (unpaired) electrons. The van der Waals surface area contributed by atoms with Gasteiger partial charge < -0.3 is 4.90 Å². The summed E-state index contributed by atoms with van der Waals surface area (Å²) in [5, 5.41) is 0. The molecule has 0 bridgehead atoms. The number of hydrogen-bond donors (Lipinski definition) is 0. The number of alkyl halides is 2. The van der Waals surface area contributed by atoms with Gasteiger partial charge in [-0.2, -0.15) is 0 Å². The maximum absolute atomic E-state index is 13.1. The van der Waals surface area contributed by atoms with Gasteiger partial charge in [-0.05, 0) is 25.3 Å². The lowest BCUT2D eigenvalue weighted by Crippen LogP contribution is -2.41. The van der Waals surface area contributed by atoms with E-state index >= 15 is 0 Å². The van der Waals surface area contributed by atoms with Crippen molar-refractivity contribution in [2.24, 2.45) is 5.92 Å². The van der Waals surface area contributed by atoms with Gasteiger partial charge in [0.15, 0.2) is 0 Å². The minimum Gasteiger partial charge on any atom is -0.300 e. The van der Waals surface area contributed by atoms with E-state index in [9.17, 15) is 8.78 Å². The number of piperidine rings is 1. The smallest absolute Gasteiger partial charge is 0.115 e. The zero-order chi connectivity index (χ0) is 8.97. The van der Waals surface area contributed by atoms with Gasteiger partial charge in [0.2, 0.25) is 0 Å². The van der Waals surface area contributed by atoms with Crippen LogP contribution in [0.1, 0.15) is 19.8 Å². The van der Waals surface area contributed by atoms with Crippen LogP contribution in [-0.4, -0.2) is 37.4 Å². The van der Waals surface area contributed by atoms with Gasteiger partial charge in [0.1, 0.15) is 6.17 Å². The monoisotopic (exact) mass is 177 g/mol. The number of likely N-dealkylation sites (tertiary alicyclic amines) is 1. The fourth-order valence-electron chi connectivity index (χ4n) is 1.57. The second kappa shape index (κ2) is 4.75. The molecule has 0 saturated carbocycles. The van der Waals surface area contributed by atoms with Crippen LogP contribution in [0.2, 0.25) is 0 Å². The molecule has 0 N–H and O–H groups in total. The van der Waals surface area contributed by atoms with E-state index in [1.807, 2.05) is 11.8 Å². The average molecular weight is 177 g/mol. The zero-order valence-electron chi connectivity index (χ0n) is 7.60. The molecule has 1 aliphatic rings. The largest absolute Gasteiger partial charge is 0.300 e. The van der Waals surface area contributed by atoms with Crippen molar-refractivity contribution in [3.8, 4) is 0 Å². The van der Waals surface area contributed by atoms with Crippen molar-refractivity contribution in [1.82, 2.24) is 4.90 Å². The second-order valence-corrected chi connectivity index (χ2v) is 3.63. The molecule has 2 unspecified atom stereocenters. The SMILES string of the molecule is CC1CCN(CCCF)CC1F. The van der Waals surface area contributed by atoms with Crippen molar-refractivity contribution in [3.63, 3.8) is 0 Å². The normalized spacial score (nSPS) is 32.2. The summed E-state index contributed by atoms with van der Waals surface area (Å²) in [4.78, 5) is 2.02. The van der Waals surface area contributed by atoms with Crippen molar-refractivity contribution >= 4 is 0 Å². The summed E-state index contributed by atoms with van der Waals surface area (Å²) in [6, 6.07) is 0. The Morgan fingerprint density at radius 2 is 2.25 bits per heavy atom. The highest BCUT2D eigenvalue weighted by molar-refractivity contribution is 4.77. The lowest BCUT2D eigenvalue weighted by Gasteiger charge is -2.32. The van der Waals surface area contributed by atoms with E-state index in [-0.39, 0.29) is 12.6 Å². The molecule has 1 heterocycles. The summed E-state index contributed by atoms with van der Waals surface area (Å²) in [5.74, 6) is 0.187. The average Bonchev–Trinajstić information content (AvgIpc) is 2.07. The Hall–Kier alpha value is -0.180. The van der Waals surface area contributed by atoms with Crippen LogP contribution in [-0.2, 0) is 0 Å². The van der Waals surface area contributed by atoms with Crippen LogP contribution < -0.4 is 0 Å². The van der Waals surface area contributed by atoms with E-state index in [1.165, 1.54) is 0 Å². The van der Waals surface area contributed by atoms with E-state index < -0.39 is 6.17 Å². The summed E-state index contributed by atoms with van der Waals surface area (Å²) < 4.78 is 24.9. The molecule has 1 fully saturated rings. The number of nitrogens with zero attached hydrogens (tertiary/aromatic N) is 1. The highest BCUT2D eigenvalue weighted by Gasteiger charge is 2.24. The standard InChI is InChI=1S/C9H17F2N/c1-8-3-6-12(5-2-4-10)7-9(8)11/h8-9H,2-7H2,1H3. The molecule has 0 spiro atoms. The first-order chi connectivity index (χ1) is 5.74. The Kier molecular flexibility index (Phi) is 3.92.